The molecule has 0 fully saturated rings. The molecule has 0 radical (unpaired) electrons. The quantitative estimate of drug-likeness (QED) is 0.310. The molecule has 0 aromatic rings. The van der Waals surface area contributed by atoms with Crippen LogP contribution in [0.4, 0.5) is 3.89 Å². The Labute approximate surface area is 80.1 Å². The highest BCUT2D eigenvalue weighted by Crippen LogP contribution is 1.96. The van der Waals surface area contributed by atoms with Gasteiger partial charge in [-0.05, 0) is 6.92 Å². The molecule has 0 saturated heterocycles. The van der Waals surface area contributed by atoms with Crippen molar-refractivity contribution in [3.05, 3.63) is 11.8 Å². The number of amides is 1. The van der Waals surface area contributed by atoms with Gasteiger partial charge in [-0.1, -0.05) is 3.89 Å². The fourth-order valence-electron chi connectivity index (χ4n) is 0.590. The van der Waals surface area contributed by atoms with Crippen LogP contribution >= 0.6 is 0 Å². The van der Waals surface area contributed by atoms with Gasteiger partial charge in [0.05, 0.1) is 0 Å². The molecule has 0 unspecified atom stereocenters. The smallest absolute Gasteiger partial charge is 0.399 e. The molecular formula is C6H8FNO5S. The normalized spacial score (nSPS) is 12.1. The molecule has 0 aliphatic heterocycles. The first kappa shape index (κ1) is 12.6. The summed E-state index contributed by atoms with van der Waals surface area (Å²) in [5.74, 6) is -2.04. The van der Waals surface area contributed by atoms with Crippen molar-refractivity contribution in [3.8, 4) is 0 Å². The first-order valence-corrected chi connectivity index (χ1v) is 4.72. The molecule has 0 aromatic carbocycles. The number of halogens is 1. The third kappa shape index (κ3) is 7.22. The van der Waals surface area contributed by atoms with Crippen LogP contribution < -0.4 is 4.72 Å². The Kier molecular flexibility index (Phi) is 4.22. The fourth-order valence-corrected chi connectivity index (χ4v) is 0.890. The number of carbonyl (C=O) groups is 2. The van der Waals surface area contributed by atoms with Gasteiger partial charge < -0.3 is 4.74 Å². The molecule has 0 heterocycles. The van der Waals surface area contributed by atoms with Crippen molar-refractivity contribution >= 4 is 22.3 Å². The van der Waals surface area contributed by atoms with Crippen LogP contribution in [0.5, 0.6) is 0 Å². The number of esters is 1. The van der Waals surface area contributed by atoms with Gasteiger partial charge in [0.15, 0.2) is 0 Å². The number of rotatable bonds is 3. The van der Waals surface area contributed by atoms with Gasteiger partial charge in [-0.15, -0.1) is 0 Å². The molecule has 0 bridgehead atoms. The van der Waals surface area contributed by atoms with E-state index in [0.717, 1.165) is 11.6 Å². The maximum Gasteiger partial charge on any atom is 0.399 e. The lowest BCUT2D eigenvalue weighted by Gasteiger charge is -1.99. The molecular weight excluding hydrogens is 217 g/mol. The number of ether oxygens (including phenoxy) is 1. The van der Waals surface area contributed by atoms with Crippen LogP contribution in [0.1, 0.15) is 13.8 Å². The molecule has 0 rings (SSSR count). The van der Waals surface area contributed by atoms with Crippen LogP contribution in [0.3, 0.4) is 0 Å². The minimum atomic E-state index is -5.08. The molecule has 6 nitrogen and oxygen atoms in total. The lowest BCUT2D eigenvalue weighted by atomic mass is 10.4. The Morgan fingerprint density at radius 2 is 1.86 bits per heavy atom. The van der Waals surface area contributed by atoms with Crippen molar-refractivity contribution in [3.63, 3.8) is 0 Å². The zero-order valence-electron chi connectivity index (χ0n) is 7.40. The summed E-state index contributed by atoms with van der Waals surface area (Å²) >= 11 is 0. The number of allylic oxidation sites excluding steroid dienone is 1. The first-order valence-electron chi connectivity index (χ1n) is 3.34. The van der Waals surface area contributed by atoms with Gasteiger partial charge in [0.1, 0.15) is 5.76 Å². The van der Waals surface area contributed by atoms with Gasteiger partial charge in [-0.25, -0.2) is 4.72 Å². The van der Waals surface area contributed by atoms with Crippen LogP contribution in [0.2, 0.25) is 0 Å². The minimum absolute atomic E-state index is 0.140. The zero-order chi connectivity index (χ0) is 11.4. The maximum absolute atomic E-state index is 11.9. The molecule has 1 amide bonds. The summed E-state index contributed by atoms with van der Waals surface area (Å²) in [6.45, 7) is 2.34. The molecule has 1 N–H and O–H groups in total. The number of hydrogen-bond donors (Lipinski definition) is 1. The summed E-state index contributed by atoms with van der Waals surface area (Å²) in [5.41, 5.74) is 0. The van der Waals surface area contributed by atoms with Gasteiger partial charge in [0.25, 0.3) is 5.91 Å². The molecule has 0 aliphatic carbocycles. The Hall–Kier alpha value is -1.44. The summed E-state index contributed by atoms with van der Waals surface area (Å²) in [5, 5.41) is 0. The van der Waals surface area contributed by atoms with E-state index >= 15 is 0 Å². The van der Waals surface area contributed by atoms with Crippen molar-refractivity contribution in [1.82, 2.24) is 4.72 Å². The van der Waals surface area contributed by atoms with E-state index in [9.17, 15) is 21.9 Å². The molecule has 0 atom stereocenters. The highest BCUT2D eigenvalue weighted by atomic mass is 32.3. The number of carbonyl (C=O) groups excluding carboxylic acids is 2. The fraction of sp³-hybridized carbons (Fsp3) is 0.333. The minimum Gasteiger partial charge on any atom is -0.431 e. The molecule has 80 valence electrons. The summed E-state index contributed by atoms with van der Waals surface area (Å²) < 4.78 is 37.1. The Balaban J connectivity index is 4.37. The summed E-state index contributed by atoms with van der Waals surface area (Å²) in [4.78, 5) is 21.0. The number of hydrogen-bond acceptors (Lipinski definition) is 5. The second kappa shape index (κ2) is 4.70. The van der Waals surface area contributed by atoms with Crippen molar-refractivity contribution < 1.29 is 26.6 Å². The molecule has 0 aliphatic rings. The second-order valence-electron chi connectivity index (χ2n) is 2.25. The van der Waals surface area contributed by atoms with E-state index in [0.29, 0.717) is 6.08 Å². The standard InChI is InChI=1S/C6H8FNO5S/c1-4(13-5(2)9)3-6(10)8-14(7,11)12/h3H,1-2H3,(H,8,10)/b4-3-. The van der Waals surface area contributed by atoms with E-state index in [1.165, 1.54) is 6.92 Å². The van der Waals surface area contributed by atoms with E-state index in [2.05, 4.69) is 4.74 Å². The Bertz CT molecular complexity index is 372. The highest BCUT2D eigenvalue weighted by Gasteiger charge is 2.10. The highest BCUT2D eigenvalue weighted by molar-refractivity contribution is 7.84. The van der Waals surface area contributed by atoms with Gasteiger partial charge in [-0.2, -0.15) is 8.42 Å². The van der Waals surface area contributed by atoms with Gasteiger partial charge in [0.2, 0.25) is 0 Å². The van der Waals surface area contributed by atoms with Crippen molar-refractivity contribution in [1.29, 1.82) is 0 Å². The van der Waals surface area contributed by atoms with E-state index in [-0.39, 0.29) is 5.76 Å². The zero-order valence-corrected chi connectivity index (χ0v) is 8.22. The second-order valence-corrected chi connectivity index (χ2v) is 3.33. The topological polar surface area (TPSA) is 89.5 Å². The Morgan fingerprint density at radius 1 is 1.36 bits per heavy atom. The van der Waals surface area contributed by atoms with E-state index in [1.807, 2.05) is 0 Å². The average Bonchev–Trinajstić information content (AvgIpc) is 1.77. The van der Waals surface area contributed by atoms with Gasteiger partial charge in [-0.3, -0.25) is 9.59 Å². The van der Waals surface area contributed by atoms with Crippen LogP contribution in [-0.4, -0.2) is 20.3 Å². The Morgan fingerprint density at radius 3 is 2.21 bits per heavy atom. The molecule has 0 aromatic heterocycles. The molecule has 8 heteroatoms. The van der Waals surface area contributed by atoms with Crippen LogP contribution in [-0.2, 0) is 24.7 Å². The monoisotopic (exact) mass is 225 g/mol. The predicted octanol–water partition coefficient (Wildman–Crippen LogP) is -0.216. The summed E-state index contributed by atoms with van der Waals surface area (Å²) in [6.07, 6.45) is 0.637. The number of nitrogens with one attached hydrogen (secondary N) is 1. The maximum atomic E-state index is 11.9. The third-order valence-corrected chi connectivity index (χ3v) is 1.31. The van der Waals surface area contributed by atoms with Gasteiger partial charge >= 0.3 is 16.4 Å². The largest absolute Gasteiger partial charge is 0.431 e. The van der Waals surface area contributed by atoms with E-state index in [4.69, 9.17) is 0 Å². The van der Waals surface area contributed by atoms with Crippen molar-refractivity contribution in [2.45, 2.75) is 13.8 Å². The predicted molar refractivity (Wildman–Crippen MR) is 43.7 cm³/mol. The van der Waals surface area contributed by atoms with Crippen molar-refractivity contribution in [2.75, 3.05) is 0 Å². The lowest BCUT2D eigenvalue weighted by molar-refractivity contribution is -0.136. The van der Waals surface area contributed by atoms with Crippen LogP contribution in [0, 0.1) is 0 Å². The molecule has 14 heavy (non-hydrogen) atoms. The first-order chi connectivity index (χ1) is 6.20. The van der Waals surface area contributed by atoms with Crippen molar-refractivity contribution in [2.24, 2.45) is 0 Å². The molecule has 0 spiro atoms. The van der Waals surface area contributed by atoms with E-state index < -0.39 is 22.3 Å². The lowest BCUT2D eigenvalue weighted by Crippen LogP contribution is -2.25. The summed E-state index contributed by atoms with van der Waals surface area (Å²) in [7, 11) is -5.08. The van der Waals surface area contributed by atoms with Crippen LogP contribution in [0.25, 0.3) is 0 Å². The molecule has 0 saturated carbocycles. The summed E-state index contributed by atoms with van der Waals surface area (Å²) in [6, 6.07) is 0. The van der Waals surface area contributed by atoms with Gasteiger partial charge in [0, 0.05) is 13.0 Å². The average molecular weight is 225 g/mol. The third-order valence-electron chi connectivity index (χ3n) is 0.862. The van der Waals surface area contributed by atoms with Crippen LogP contribution in [0.15, 0.2) is 11.8 Å². The SMILES string of the molecule is CC(=O)O/C(C)=C\C(=O)NS(=O)(=O)F. The van der Waals surface area contributed by atoms with E-state index in [1.54, 1.807) is 0 Å².